The molecule has 1 aliphatic rings. The molecule has 0 spiro atoms. The molecule has 0 aromatic heterocycles. The van der Waals surface area contributed by atoms with E-state index >= 15 is 0 Å². The lowest BCUT2D eigenvalue weighted by molar-refractivity contribution is -0.149. The van der Waals surface area contributed by atoms with Crippen LogP contribution in [-0.4, -0.2) is 19.0 Å². The van der Waals surface area contributed by atoms with Gasteiger partial charge in [0.25, 0.3) is 0 Å². The van der Waals surface area contributed by atoms with Crippen LogP contribution in [0.25, 0.3) is 21.9 Å². The maximum Gasteiger partial charge on any atom is 0.347 e. The molecule has 0 saturated carbocycles. The molecule has 0 aliphatic carbocycles. The SMILES string of the molecule is COc1ccc(C2=C(c3cccc4ccccc34)C(=O)OC2=O)cc1. The van der Waals surface area contributed by atoms with Gasteiger partial charge in [-0.05, 0) is 34.0 Å². The van der Waals surface area contributed by atoms with E-state index in [9.17, 15) is 9.59 Å². The molecule has 25 heavy (non-hydrogen) atoms. The molecule has 1 aliphatic heterocycles. The number of esters is 2. The van der Waals surface area contributed by atoms with E-state index < -0.39 is 11.9 Å². The van der Waals surface area contributed by atoms with E-state index in [1.54, 1.807) is 31.4 Å². The van der Waals surface area contributed by atoms with Crippen LogP contribution < -0.4 is 4.74 Å². The molecule has 4 nitrogen and oxygen atoms in total. The minimum Gasteiger partial charge on any atom is -0.497 e. The molecule has 4 rings (SSSR count). The summed E-state index contributed by atoms with van der Waals surface area (Å²) in [6.45, 7) is 0. The Morgan fingerprint density at radius 3 is 2.20 bits per heavy atom. The molecular weight excluding hydrogens is 316 g/mol. The second-order valence-electron chi connectivity index (χ2n) is 5.68. The van der Waals surface area contributed by atoms with Gasteiger partial charge in [0.1, 0.15) is 5.75 Å². The summed E-state index contributed by atoms with van der Waals surface area (Å²) >= 11 is 0. The number of methoxy groups -OCH3 is 1. The fourth-order valence-electron chi connectivity index (χ4n) is 3.10. The van der Waals surface area contributed by atoms with Crippen LogP contribution in [0.3, 0.4) is 0 Å². The summed E-state index contributed by atoms with van der Waals surface area (Å²) in [6.07, 6.45) is 0. The summed E-state index contributed by atoms with van der Waals surface area (Å²) in [5.41, 5.74) is 1.90. The zero-order chi connectivity index (χ0) is 17.4. The molecular formula is C21H14O4. The number of carbonyl (C=O) groups excluding carboxylic acids is 2. The Morgan fingerprint density at radius 2 is 1.44 bits per heavy atom. The number of hydrogen-bond donors (Lipinski definition) is 0. The zero-order valence-electron chi connectivity index (χ0n) is 13.5. The number of rotatable bonds is 3. The van der Waals surface area contributed by atoms with E-state index in [0.717, 1.165) is 10.8 Å². The average molecular weight is 330 g/mol. The maximum atomic E-state index is 12.4. The molecule has 0 fully saturated rings. The van der Waals surface area contributed by atoms with Crippen LogP contribution in [0.2, 0.25) is 0 Å². The fraction of sp³-hybridized carbons (Fsp3) is 0.0476. The molecule has 4 heteroatoms. The highest BCUT2D eigenvalue weighted by atomic mass is 16.6. The van der Waals surface area contributed by atoms with Gasteiger partial charge in [-0.2, -0.15) is 0 Å². The summed E-state index contributed by atoms with van der Waals surface area (Å²) in [5, 5.41) is 1.89. The molecule has 3 aromatic carbocycles. The molecule has 0 radical (unpaired) electrons. The Bertz CT molecular complexity index is 1020. The van der Waals surface area contributed by atoms with Gasteiger partial charge < -0.3 is 9.47 Å². The van der Waals surface area contributed by atoms with Crippen molar-refractivity contribution in [2.45, 2.75) is 0 Å². The quantitative estimate of drug-likeness (QED) is 0.541. The number of cyclic esters (lactones) is 2. The molecule has 0 saturated heterocycles. The van der Waals surface area contributed by atoms with Gasteiger partial charge in [-0.25, -0.2) is 9.59 Å². The maximum absolute atomic E-state index is 12.4. The molecule has 1 heterocycles. The van der Waals surface area contributed by atoms with Crippen LogP contribution in [0.5, 0.6) is 5.75 Å². The first kappa shape index (κ1) is 15.1. The summed E-state index contributed by atoms with van der Waals surface area (Å²) in [6, 6.07) is 20.4. The van der Waals surface area contributed by atoms with E-state index in [2.05, 4.69) is 0 Å². The van der Waals surface area contributed by atoms with Crippen molar-refractivity contribution >= 4 is 33.9 Å². The average Bonchev–Trinajstić information content (AvgIpc) is 2.95. The van der Waals surface area contributed by atoms with Crippen molar-refractivity contribution < 1.29 is 19.1 Å². The van der Waals surface area contributed by atoms with Crippen molar-refractivity contribution in [2.75, 3.05) is 7.11 Å². The van der Waals surface area contributed by atoms with Gasteiger partial charge in [0.05, 0.1) is 18.3 Å². The van der Waals surface area contributed by atoms with Crippen LogP contribution >= 0.6 is 0 Å². The lowest BCUT2D eigenvalue weighted by Gasteiger charge is -2.08. The Hall–Kier alpha value is -3.40. The largest absolute Gasteiger partial charge is 0.497 e. The van der Waals surface area contributed by atoms with Crippen molar-refractivity contribution in [1.29, 1.82) is 0 Å². The van der Waals surface area contributed by atoms with E-state index in [4.69, 9.17) is 9.47 Å². The van der Waals surface area contributed by atoms with Crippen LogP contribution in [-0.2, 0) is 14.3 Å². The third-order valence-electron chi connectivity index (χ3n) is 4.28. The second kappa shape index (κ2) is 5.91. The number of ether oxygens (including phenoxy) is 2. The third kappa shape index (κ3) is 2.48. The van der Waals surface area contributed by atoms with Crippen molar-refractivity contribution in [1.82, 2.24) is 0 Å². The Kier molecular flexibility index (Phi) is 3.58. The first-order valence-corrected chi connectivity index (χ1v) is 7.82. The smallest absolute Gasteiger partial charge is 0.347 e. The monoisotopic (exact) mass is 330 g/mol. The lowest BCUT2D eigenvalue weighted by Crippen LogP contribution is -2.02. The predicted octanol–water partition coefficient (Wildman–Crippen LogP) is 3.84. The lowest BCUT2D eigenvalue weighted by atomic mass is 9.92. The molecule has 0 amide bonds. The Labute approximate surface area is 144 Å². The van der Waals surface area contributed by atoms with Gasteiger partial charge in [0, 0.05) is 0 Å². The zero-order valence-corrected chi connectivity index (χ0v) is 13.5. The van der Waals surface area contributed by atoms with Crippen LogP contribution in [0.1, 0.15) is 11.1 Å². The minimum absolute atomic E-state index is 0.281. The summed E-state index contributed by atoms with van der Waals surface area (Å²) in [7, 11) is 1.57. The fourth-order valence-corrected chi connectivity index (χ4v) is 3.10. The van der Waals surface area contributed by atoms with Crippen molar-refractivity contribution in [3.05, 3.63) is 77.9 Å². The normalized spacial score (nSPS) is 14.1. The van der Waals surface area contributed by atoms with E-state index in [-0.39, 0.29) is 5.57 Å². The Morgan fingerprint density at radius 1 is 0.760 bits per heavy atom. The summed E-state index contributed by atoms with van der Waals surface area (Å²) in [5.74, 6) is -0.570. The highest BCUT2D eigenvalue weighted by Crippen LogP contribution is 2.37. The van der Waals surface area contributed by atoms with Crippen LogP contribution in [0, 0.1) is 0 Å². The van der Waals surface area contributed by atoms with E-state index in [0.29, 0.717) is 22.4 Å². The Balaban J connectivity index is 1.98. The highest BCUT2D eigenvalue weighted by Gasteiger charge is 2.35. The topological polar surface area (TPSA) is 52.6 Å². The molecule has 122 valence electrons. The highest BCUT2D eigenvalue weighted by molar-refractivity contribution is 6.45. The number of benzene rings is 3. The third-order valence-corrected chi connectivity index (χ3v) is 4.28. The van der Waals surface area contributed by atoms with Crippen molar-refractivity contribution in [3.63, 3.8) is 0 Å². The van der Waals surface area contributed by atoms with Gasteiger partial charge in [-0.1, -0.05) is 54.6 Å². The minimum atomic E-state index is -0.627. The summed E-state index contributed by atoms with van der Waals surface area (Å²) in [4.78, 5) is 24.7. The molecule has 3 aromatic rings. The molecule has 0 atom stereocenters. The van der Waals surface area contributed by atoms with E-state index in [1.807, 2.05) is 42.5 Å². The first-order chi connectivity index (χ1) is 12.2. The van der Waals surface area contributed by atoms with Crippen molar-refractivity contribution in [3.8, 4) is 5.75 Å². The predicted molar refractivity (Wildman–Crippen MR) is 94.9 cm³/mol. The number of fused-ring (bicyclic) bond motifs is 1. The van der Waals surface area contributed by atoms with Gasteiger partial charge in [0.15, 0.2) is 0 Å². The van der Waals surface area contributed by atoms with Gasteiger partial charge in [-0.3, -0.25) is 0 Å². The first-order valence-electron chi connectivity index (χ1n) is 7.82. The van der Waals surface area contributed by atoms with Crippen molar-refractivity contribution in [2.24, 2.45) is 0 Å². The standard InChI is InChI=1S/C21H14O4/c1-24-15-11-9-14(10-12-15)18-19(21(23)25-20(18)22)17-8-4-6-13-5-2-3-7-16(13)17/h2-12H,1H3. The summed E-state index contributed by atoms with van der Waals surface area (Å²) < 4.78 is 10.1. The number of carbonyl (C=O) groups is 2. The van der Waals surface area contributed by atoms with E-state index in [1.165, 1.54) is 0 Å². The van der Waals surface area contributed by atoms with Crippen LogP contribution in [0.15, 0.2) is 66.7 Å². The number of hydrogen-bond acceptors (Lipinski definition) is 4. The molecule has 0 unspecified atom stereocenters. The van der Waals surface area contributed by atoms with Gasteiger partial charge in [-0.15, -0.1) is 0 Å². The molecule has 0 bridgehead atoms. The molecule has 0 N–H and O–H groups in total. The van der Waals surface area contributed by atoms with Gasteiger partial charge >= 0.3 is 11.9 Å². The van der Waals surface area contributed by atoms with Crippen LogP contribution in [0.4, 0.5) is 0 Å². The second-order valence-corrected chi connectivity index (χ2v) is 5.68. The van der Waals surface area contributed by atoms with Gasteiger partial charge in [0.2, 0.25) is 0 Å².